The summed E-state index contributed by atoms with van der Waals surface area (Å²) in [6.45, 7) is 15.7. The molecule has 2 heterocycles. The molecule has 1 atom stereocenters. The van der Waals surface area contributed by atoms with Gasteiger partial charge in [-0.05, 0) is 108 Å². The van der Waals surface area contributed by atoms with Crippen LogP contribution in [0.2, 0.25) is 0 Å². The number of piperidine rings is 1. The van der Waals surface area contributed by atoms with Gasteiger partial charge in [0.1, 0.15) is 24.6 Å². The second-order valence-corrected chi connectivity index (χ2v) is 15.8. The Morgan fingerprint density at radius 3 is 2.04 bits per heavy atom. The van der Waals surface area contributed by atoms with E-state index in [2.05, 4.69) is 32.8 Å². The molecule has 0 saturated carbocycles. The molecule has 4 aromatic carbocycles. The van der Waals surface area contributed by atoms with E-state index in [1.807, 2.05) is 99.6 Å². The van der Waals surface area contributed by atoms with Gasteiger partial charge in [0.25, 0.3) is 0 Å². The SMILES string of the molecule is CC(C)(C)OC(=O)N1CC(CON2C(C)(C)CCCC2(C)C)c2c1cc(OCc1ccccc1)c1ccc(C(=O)OCc3ccccc3)cc21. The summed E-state index contributed by atoms with van der Waals surface area (Å²) in [5, 5.41) is 3.82. The molecule has 1 fully saturated rings. The van der Waals surface area contributed by atoms with Crippen LogP contribution in [0.25, 0.3) is 10.8 Å². The van der Waals surface area contributed by atoms with Gasteiger partial charge in [0.2, 0.25) is 0 Å². The van der Waals surface area contributed by atoms with Gasteiger partial charge in [-0.2, -0.15) is 5.06 Å². The van der Waals surface area contributed by atoms with E-state index in [-0.39, 0.29) is 23.6 Å². The molecule has 0 N–H and O–H groups in total. The van der Waals surface area contributed by atoms with E-state index >= 15 is 0 Å². The first-order valence-corrected chi connectivity index (χ1v) is 17.6. The standard InChI is InChI=1S/C42H50N2O6/c1-40(2,3)50-39(46)43-25-32(28-49-44-41(4,5)21-14-22-42(44,6)7)37-34-23-31(38(45)48-27-30-17-12-9-13-18-30)19-20-33(34)36(24-35(37)43)47-26-29-15-10-8-11-16-29/h8-13,15-20,23-24,32H,14,21-22,25-28H2,1-7H3. The molecule has 0 radical (unpaired) electrons. The molecule has 1 unspecified atom stereocenters. The predicted octanol–water partition coefficient (Wildman–Crippen LogP) is 9.59. The lowest BCUT2D eigenvalue weighted by Crippen LogP contribution is -2.58. The van der Waals surface area contributed by atoms with Crippen molar-refractivity contribution < 1.29 is 28.6 Å². The number of hydrogen-bond acceptors (Lipinski definition) is 7. The number of ether oxygens (including phenoxy) is 3. The maximum atomic E-state index is 13.8. The Hall–Kier alpha value is -4.40. The number of esters is 1. The summed E-state index contributed by atoms with van der Waals surface area (Å²) < 4.78 is 18.1. The van der Waals surface area contributed by atoms with Crippen molar-refractivity contribution in [2.24, 2.45) is 0 Å². The second-order valence-electron chi connectivity index (χ2n) is 15.8. The van der Waals surface area contributed by atoms with Gasteiger partial charge in [-0.15, -0.1) is 0 Å². The number of nitrogens with zero attached hydrogens (tertiary/aromatic N) is 2. The van der Waals surface area contributed by atoms with E-state index < -0.39 is 17.7 Å². The largest absolute Gasteiger partial charge is 0.488 e. The third-order valence-electron chi connectivity index (χ3n) is 9.60. The number of rotatable bonds is 9. The van der Waals surface area contributed by atoms with Crippen molar-refractivity contribution in [2.45, 2.75) is 104 Å². The highest BCUT2D eigenvalue weighted by Crippen LogP contribution is 2.47. The molecule has 0 aliphatic carbocycles. The topological polar surface area (TPSA) is 77.5 Å². The Bertz CT molecular complexity index is 1810. The minimum absolute atomic E-state index is 0.152. The first-order valence-electron chi connectivity index (χ1n) is 17.6. The van der Waals surface area contributed by atoms with E-state index in [9.17, 15) is 9.59 Å². The summed E-state index contributed by atoms with van der Waals surface area (Å²) in [6.07, 6.45) is 2.76. The minimum Gasteiger partial charge on any atom is -0.488 e. The molecule has 1 amide bonds. The Kier molecular flexibility index (Phi) is 9.98. The summed E-state index contributed by atoms with van der Waals surface area (Å²) in [5.41, 5.74) is 2.97. The Morgan fingerprint density at radius 2 is 1.42 bits per heavy atom. The molecule has 1 saturated heterocycles. The lowest BCUT2D eigenvalue weighted by Gasteiger charge is -2.51. The normalized spacial score (nSPS) is 18.5. The number of fused-ring (bicyclic) bond motifs is 3. The molecule has 0 spiro atoms. The van der Waals surface area contributed by atoms with E-state index in [0.29, 0.717) is 36.8 Å². The molecular formula is C42H50N2O6. The molecule has 2 aliphatic rings. The van der Waals surface area contributed by atoms with Crippen LogP contribution in [0.1, 0.15) is 101 Å². The van der Waals surface area contributed by atoms with E-state index in [1.165, 1.54) is 0 Å². The van der Waals surface area contributed by atoms with E-state index in [1.54, 1.807) is 11.0 Å². The summed E-state index contributed by atoms with van der Waals surface area (Å²) in [5.74, 6) is -0.0146. The molecule has 8 nitrogen and oxygen atoms in total. The average molecular weight is 679 g/mol. The van der Waals surface area contributed by atoms with Gasteiger partial charge in [0.15, 0.2) is 0 Å². The number of hydroxylamine groups is 2. The summed E-state index contributed by atoms with van der Waals surface area (Å²) in [4.78, 5) is 35.8. The quantitative estimate of drug-likeness (QED) is 0.163. The van der Waals surface area contributed by atoms with Crippen molar-refractivity contribution in [3.05, 3.63) is 107 Å². The molecule has 2 aliphatic heterocycles. The van der Waals surface area contributed by atoms with Gasteiger partial charge >= 0.3 is 12.1 Å². The van der Waals surface area contributed by atoms with Crippen LogP contribution in [-0.4, -0.2) is 47.0 Å². The molecule has 4 aromatic rings. The molecule has 0 bridgehead atoms. The fourth-order valence-electron chi connectivity index (χ4n) is 7.37. The highest BCUT2D eigenvalue weighted by atomic mass is 16.7. The van der Waals surface area contributed by atoms with Crippen molar-refractivity contribution in [1.82, 2.24) is 5.06 Å². The lowest BCUT2D eigenvalue weighted by atomic mass is 9.82. The van der Waals surface area contributed by atoms with Crippen LogP contribution in [0.5, 0.6) is 5.75 Å². The van der Waals surface area contributed by atoms with Gasteiger partial charge in [0, 0.05) is 35.0 Å². The maximum absolute atomic E-state index is 13.8. The van der Waals surface area contributed by atoms with Crippen molar-refractivity contribution >= 4 is 28.5 Å². The Balaban J connectivity index is 1.42. The third-order valence-corrected chi connectivity index (χ3v) is 9.60. The first-order chi connectivity index (χ1) is 23.7. The Labute approximate surface area is 296 Å². The molecule has 8 heteroatoms. The number of hydrogen-bond donors (Lipinski definition) is 0. The summed E-state index contributed by atoms with van der Waals surface area (Å²) in [6, 6.07) is 27.1. The van der Waals surface area contributed by atoms with E-state index in [0.717, 1.165) is 46.7 Å². The highest BCUT2D eigenvalue weighted by Gasteiger charge is 2.44. The molecule has 50 heavy (non-hydrogen) atoms. The van der Waals surface area contributed by atoms with Crippen LogP contribution in [0.4, 0.5) is 10.5 Å². The average Bonchev–Trinajstić information content (AvgIpc) is 3.44. The van der Waals surface area contributed by atoms with Gasteiger partial charge in [-0.1, -0.05) is 60.7 Å². The lowest BCUT2D eigenvalue weighted by molar-refractivity contribution is -0.282. The number of anilines is 1. The molecule has 264 valence electrons. The number of amides is 1. The van der Waals surface area contributed by atoms with Crippen molar-refractivity contribution in [1.29, 1.82) is 0 Å². The molecule has 0 aromatic heterocycles. The van der Waals surface area contributed by atoms with Gasteiger partial charge in [-0.3, -0.25) is 9.74 Å². The molecule has 6 rings (SSSR count). The van der Waals surface area contributed by atoms with Crippen LogP contribution >= 0.6 is 0 Å². The minimum atomic E-state index is -0.688. The highest BCUT2D eigenvalue weighted by molar-refractivity contribution is 6.04. The fourth-order valence-corrected chi connectivity index (χ4v) is 7.37. The van der Waals surface area contributed by atoms with Crippen molar-refractivity contribution in [2.75, 3.05) is 18.1 Å². The van der Waals surface area contributed by atoms with Crippen LogP contribution < -0.4 is 9.64 Å². The van der Waals surface area contributed by atoms with Crippen LogP contribution in [0.3, 0.4) is 0 Å². The van der Waals surface area contributed by atoms with Gasteiger partial charge in [-0.25, -0.2) is 9.59 Å². The zero-order valence-electron chi connectivity index (χ0n) is 30.5. The van der Waals surface area contributed by atoms with Crippen molar-refractivity contribution in [3.63, 3.8) is 0 Å². The third kappa shape index (κ3) is 7.82. The predicted molar refractivity (Wildman–Crippen MR) is 196 cm³/mol. The number of carbonyl (C=O) groups is 2. The van der Waals surface area contributed by atoms with Crippen LogP contribution in [-0.2, 0) is 27.5 Å². The monoisotopic (exact) mass is 678 g/mol. The second kappa shape index (κ2) is 14.1. The summed E-state index contributed by atoms with van der Waals surface area (Å²) in [7, 11) is 0. The van der Waals surface area contributed by atoms with E-state index in [4.69, 9.17) is 19.0 Å². The zero-order chi connectivity index (χ0) is 35.7. The zero-order valence-corrected chi connectivity index (χ0v) is 30.5. The summed E-state index contributed by atoms with van der Waals surface area (Å²) >= 11 is 0. The van der Waals surface area contributed by atoms with Gasteiger partial charge < -0.3 is 14.2 Å². The Morgan fingerprint density at radius 1 is 0.800 bits per heavy atom. The maximum Gasteiger partial charge on any atom is 0.414 e. The number of carbonyl (C=O) groups excluding carboxylic acids is 2. The van der Waals surface area contributed by atoms with Crippen molar-refractivity contribution in [3.8, 4) is 5.75 Å². The fraction of sp³-hybridized carbons (Fsp3) is 0.429. The van der Waals surface area contributed by atoms with Gasteiger partial charge in [0.05, 0.1) is 17.9 Å². The number of benzene rings is 4. The first kappa shape index (κ1) is 35.4. The van der Waals surface area contributed by atoms with Crippen LogP contribution in [0, 0.1) is 0 Å². The smallest absolute Gasteiger partial charge is 0.414 e. The van der Waals surface area contributed by atoms with Crippen LogP contribution in [0.15, 0.2) is 84.9 Å². The molecular weight excluding hydrogens is 628 g/mol.